The summed E-state index contributed by atoms with van der Waals surface area (Å²) >= 11 is 0. The first-order chi connectivity index (χ1) is 14.8. The number of benzene rings is 2. The lowest BCUT2D eigenvalue weighted by molar-refractivity contribution is -0.106. The molecule has 0 N–H and O–H groups in total. The standard InChI is InChI=1S/2C13H18O2/c2*1-2-11-6-8-12(9-7-11)15-13-5-3-4-10-14-13/h2*6-9,13H,2-5,10H2,1H3. The second-order valence-corrected chi connectivity index (χ2v) is 7.82. The topological polar surface area (TPSA) is 36.9 Å². The molecule has 0 aliphatic carbocycles. The molecule has 4 heteroatoms. The van der Waals surface area contributed by atoms with Crippen molar-refractivity contribution in [2.75, 3.05) is 13.2 Å². The van der Waals surface area contributed by atoms with Crippen LogP contribution in [-0.4, -0.2) is 25.8 Å². The summed E-state index contributed by atoms with van der Waals surface area (Å²) in [4.78, 5) is 0. The fraction of sp³-hybridized carbons (Fsp3) is 0.538. The molecule has 4 nitrogen and oxygen atoms in total. The highest BCUT2D eigenvalue weighted by molar-refractivity contribution is 5.28. The largest absolute Gasteiger partial charge is 0.465 e. The van der Waals surface area contributed by atoms with E-state index in [9.17, 15) is 0 Å². The molecule has 2 aliphatic rings. The van der Waals surface area contributed by atoms with E-state index in [0.717, 1.165) is 63.2 Å². The highest BCUT2D eigenvalue weighted by Gasteiger charge is 2.15. The summed E-state index contributed by atoms with van der Waals surface area (Å²) in [6, 6.07) is 16.5. The van der Waals surface area contributed by atoms with E-state index in [1.165, 1.54) is 24.0 Å². The van der Waals surface area contributed by atoms with Crippen molar-refractivity contribution in [1.29, 1.82) is 0 Å². The van der Waals surface area contributed by atoms with Crippen LogP contribution in [-0.2, 0) is 22.3 Å². The Balaban J connectivity index is 0.000000171. The third-order valence-corrected chi connectivity index (χ3v) is 5.47. The van der Waals surface area contributed by atoms with Gasteiger partial charge >= 0.3 is 0 Å². The maximum atomic E-state index is 5.73. The van der Waals surface area contributed by atoms with Gasteiger partial charge in [-0.15, -0.1) is 0 Å². The highest BCUT2D eigenvalue weighted by Crippen LogP contribution is 2.20. The van der Waals surface area contributed by atoms with Crippen LogP contribution in [0.4, 0.5) is 0 Å². The zero-order valence-electron chi connectivity index (χ0n) is 18.5. The quantitative estimate of drug-likeness (QED) is 0.557. The van der Waals surface area contributed by atoms with Gasteiger partial charge in [0.1, 0.15) is 11.5 Å². The predicted molar refractivity (Wildman–Crippen MR) is 120 cm³/mol. The van der Waals surface area contributed by atoms with Crippen LogP contribution in [0.2, 0.25) is 0 Å². The third kappa shape index (κ3) is 7.66. The third-order valence-electron chi connectivity index (χ3n) is 5.47. The van der Waals surface area contributed by atoms with Crippen molar-refractivity contribution in [2.45, 2.75) is 77.8 Å². The molecule has 2 atom stereocenters. The van der Waals surface area contributed by atoms with Crippen molar-refractivity contribution in [2.24, 2.45) is 0 Å². The van der Waals surface area contributed by atoms with Crippen LogP contribution in [0, 0.1) is 0 Å². The lowest BCUT2D eigenvalue weighted by atomic mass is 10.2. The van der Waals surface area contributed by atoms with Gasteiger partial charge in [0.05, 0.1) is 13.2 Å². The Morgan fingerprint density at radius 2 is 1.03 bits per heavy atom. The zero-order chi connectivity index (χ0) is 21.0. The molecule has 2 saturated heterocycles. The Kier molecular flexibility index (Phi) is 9.52. The zero-order valence-corrected chi connectivity index (χ0v) is 18.5. The average Bonchev–Trinajstić information content (AvgIpc) is 2.82. The molecule has 4 rings (SSSR count). The van der Waals surface area contributed by atoms with Gasteiger partial charge in [0, 0.05) is 12.8 Å². The van der Waals surface area contributed by atoms with Crippen molar-refractivity contribution in [1.82, 2.24) is 0 Å². The van der Waals surface area contributed by atoms with Crippen LogP contribution in [0.1, 0.15) is 63.5 Å². The first kappa shape index (κ1) is 22.6. The van der Waals surface area contributed by atoms with E-state index < -0.39 is 0 Å². The van der Waals surface area contributed by atoms with Crippen molar-refractivity contribution < 1.29 is 18.9 Å². The van der Waals surface area contributed by atoms with Gasteiger partial charge in [-0.25, -0.2) is 0 Å². The molecule has 0 bridgehead atoms. The molecule has 0 saturated carbocycles. The predicted octanol–water partition coefficient (Wildman–Crippen LogP) is 6.31. The van der Waals surface area contributed by atoms with Crippen molar-refractivity contribution >= 4 is 0 Å². The molecule has 0 radical (unpaired) electrons. The Labute approximate surface area is 181 Å². The number of rotatable bonds is 6. The molecule has 2 aromatic rings. The van der Waals surface area contributed by atoms with Gasteiger partial charge < -0.3 is 18.9 Å². The van der Waals surface area contributed by atoms with Crippen LogP contribution in [0.15, 0.2) is 48.5 Å². The molecular weight excluding hydrogens is 376 g/mol. The number of ether oxygens (including phenoxy) is 4. The summed E-state index contributed by atoms with van der Waals surface area (Å²) < 4.78 is 22.5. The van der Waals surface area contributed by atoms with Crippen molar-refractivity contribution in [3.63, 3.8) is 0 Å². The van der Waals surface area contributed by atoms with Gasteiger partial charge in [0.15, 0.2) is 12.6 Å². The lowest BCUT2D eigenvalue weighted by Crippen LogP contribution is -2.24. The molecule has 2 fully saturated rings. The maximum Gasteiger partial charge on any atom is 0.199 e. The number of hydrogen-bond donors (Lipinski definition) is 0. The normalized spacial score (nSPS) is 21.3. The molecule has 2 aromatic carbocycles. The van der Waals surface area contributed by atoms with Crippen LogP contribution < -0.4 is 9.47 Å². The Morgan fingerprint density at radius 3 is 1.33 bits per heavy atom. The van der Waals surface area contributed by atoms with Gasteiger partial charge in [-0.05, 0) is 73.9 Å². The minimum Gasteiger partial charge on any atom is -0.465 e. The van der Waals surface area contributed by atoms with E-state index in [0.29, 0.717) is 0 Å². The maximum absolute atomic E-state index is 5.73. The van der Waals surface area contributed by atoms with E-state index >= 15 is 0 Å². The first-order valence-electron chi connectivity index (χ1n) is 11.5. The molecule has 2 heterocycles. The van der Waals surface area contributed by atoms with Gasteiger partial charge in [0.25, 0.3) is 0 Å². The SMILES string of the molecule is CCc1ccc(OC2CCCCO2)cc1.CCc1ccc(OC2CCCCO2)cc1. The fourth-order valence-electron chi connectivity index (χ4n) is 3.52. The molecule has 164 valence electrons. The second kappa shape index (κ2) is 12.6. The van der Waals surface area contributed by atoms with Crippen LogP contribution in [0.3, 0.4) is 0 Å². The lowest BCUT2D eigenvalue weighted by Gasteiger charge is -2.23. The molecule has 0 aromatic heterocycles. The highest BCUT2D eigenvalue weighted by atomic mass is 16.7. The molecule has 0 spiro atoms. The molecule has 0 amide bonds. The Morgan fingerprint density at radius 1 is 0.633 bits per heavy atom. The summed E-state index contributed by atoms with van der Waals surface area (Å²) in [5, 5.41) is 0. The summed E-state index contributed by atoms with van der Waals surface area (Å²) in [6.07, 6.45) is 8.82. The van der Waals surface area contributed by atoms with Crippen molar-refractivity contribution in [3.8, 4) is 11.5 Å². The summed E-state index contributed by atoms with van der Waals surface area (Å²) in [6.45, 7) is 5.97. The number of hydrogen-bond acceptors (Lipinski definition) is 4. The van der Waals surface area contributed by atoms with E-state index in [2.05, 4.69) is 38.1 Å². The molecular formula is C26H36O4. The summed E-state index contributed by atoms with van der Waals surface area (Å²) in [5.41, 5.74) is 2.68. The Hall–Kier alpha value is -2.04. The van der Waals surface area contributed by atoms with Gasteiger partial charge in [0.2, 0.25) is 0 Å². The van der Waals surface area contributed by atoms with Gasteiger partial charge in [-0.1, -0.05) is 38.1 Å². The van der Waals surface area contributed by atoms with E-state index in [1.54, 1.807) is 0 Å². The first-order valence-corrected chi connectivity index (χ1v) is 11.5. The molecule has 30 heavy (non-hydrogen) atoms. The van der Waals surface area contributed by atoms with E-state index in [1.807, 2.05) is 24.3 Å². The molecule has 2 unspecified atom stereocenters. The average molecular weight is 413 g/mol. The minimum atomic E-state index is -0.0359. The summed E-state index contributed by atoms with van der Waals surface area (Å²) in [7, 11) is 0. The second-order valence-electron chi connectivity index (χ2n) is 7.82. The van der Waals surface area contributed by atoms with E-state index in [-0.39, 0.29) is 12.6 Å². The van der Waals surface area contributed by atoms with Gasteiger partial charge in [-0.2, -0.15) is 0 Å². The molecule has 2 aliphatic heterocycles. The van der Waals surface area contributed by atoms with Gasteiger partial charge in [-0.3, -0.25) is 0 Å². The van der Waals surface area contributed by atoms with Crippen LogP contribution >= 0.6 is 0 Å². The van der Waals surface area contributed by atoms with Crippen LogP contribution in [0.5, 0.6) is 11.5 Å². The van der Waals surface area contributed by atoms with Crippen molar-refractivity contribution in [3.05, 3.63) is 59.7 Å². The smallest absolute Gasteiger partial charge is 0.199 e. The minimum absolute atomic E-state index is 0.0359. The summed E-state index contributed by atoms with van der Waals surface area (Å²) in [5.74, 6) is 1.83. The number of aryl methyl sites for hydroxylation is 2. The fourth-order valence-corrected chi connectivity index (χ4v) is 3.52. The Bertz CT molecular complexity index is 635. The van der Waals surface area contributed by atoms with E-state index in [4.69, 9.17) is 18.9 Å². The van der Waals surface area contributed by atoms with Crippen LogP contribution in [0.25, 0.3) is 0 Å². The monoisotopic (exact) mass is 412 g/mol.